The summed E-state index contributed by atoms with van der Waals surface area (Å²) in [5.74, 6) is 6.24. The fourth-order valence-corrected chi connectivity index (χ4v) is 1.77. The second-order valence-corrected chi connectivity index (χ2v) is 4.09. The topological polar surface area (TPSA) is 108 Å². The van der Waals surface area contributed by atoms with Crippen LogP contribution >= 0.6 is 11.8 Å². The average molecular weight is 249 g/mol. The molecule has 0 amide bonds. The van der Waals surface area contributed by atoms with Crippen molar-refractivity contribution in [2.45, 2.75) is 5.75 Å². The molecule has 8 heteroatoms. The van der Waals surface area contributed by atoms with Crippen molar-refractivity contribution in [1.29, 1.82) is 0 Å². The number of benzene rings is 1. The Morgan fingerprint density at radius 1 is 1.35 bits per heavy atom. The molecule has 0 aliphatic carbocycles. The van der Waals surface area contributed by atoms with Gasteiger partial charge in [0.05, 0.1) is 11.4 Å². The van der Waals surface area contributed by atoms with Crippen LogP contribution in [0.5, 0.6) is 0 Å². The van der Waals surface area contributed by atoms with Gasteiger partial charge in [-0.25, -0.2) is 0 Å². The fourth-order valence-electron chi connectivity index (χ4n) is 1.24. The lowest BCUT2D eigenvalue weighted by Crippen LogP contribution is -2.11. The molecule has 4 N–H and O–H groups in total. The number of para-hydroxylation sites is 1. The van der Waals surface area contributed by atoms with E-state index in [0.717, 1.165) is 5.69 Å². The molecule has 0 fully saturated rings. The summed E-state index contributed by atoms with van der Waals surface area (Å²) in [4.78, 5) is 0. The predicted octanol–water partition coefficient (Wildman–Crippen LogP) is 0.0839. The van der Waals surface area contributed by atoms with Gasteiger partial charge >= 0.3 is 0 Å². The van der Waals surface area contributed by atoms with E-state index < -0.39 is 0 Å². The predicted molar refractivity (Wildman–Crippen MR) is 66.3 cm³/mol. The Hall–Kier alpha value is -2.09. The van der Waals surface area contributed by atoms with Crippen LogP contribution in [-0.4, -0.2) is 25.4 Å². The highest BCUT2D eigenvalue weighted by atomic mass is 32.2. The zero-order valence-electron chi connectivity index (χ0n) is 8.89. The van der Waals surface area contributed by atoms with Crippen molar-refractivity contribution in [3.05, 3.63) is 36.2 Å². The molecule has 1 aromatic heterocycles. The third-order valence-corrected chi connectivity index (χ3v) is 2.81. The van der Waals surface area contributed by atoms with Crippen LogP contribution in [0.3, 0.4) is 0 Å². The van der Waals surface area contributed by atoms with Crippen LogP contribution in [-0.2, 0) is 5.75 Å². The average Bonchev–Trinajstić information content (AvgIpc) is 2.85. The molecule has 0 radical (unpaired) electrons. The number of nitrogens with zero attached hydrogens (tertiary/aromatic N) is 5. The van der Waals surface area contributed by atoms with Gasteiger partial charge in [-0.2, -0.15) is 9.78 Å². The Morgan fingerprint density at radius 3 is 2.82 bits per heavy atom. The molecule has 2 aromatic rings. The number of tetrazole rings is 1. The van der Waals surface area contributed by atoms with Crippen molar-refractivity contribution >= 4 is 16.9 Å². The highest BCUT2D eigenvalue weighted by Crippen LogP contribution is 2.12. The molecule has 2 rings (SSSR count). The molecule has 17 heavy (non-hydrogen) atoms. The standard InChI is InChI=1S/C9H11N7S/c10-9(12-11)17-6-8-13-14-15-16(8)7-4-2-1-3-5-7/h1-5H,6,11H2,(H2,10,12). The van der Waals surface area contributed by atoms with Gasteiger partial charge in [-0.3, -0.25) is 0 Å². The van der Waals surface area contributed by atoms with Gasteiger partial charge in [0.25, 0.3) is 0 Å². The van der Waals surface area contributed by atoms with E-state index in [4.69, 9.17) is 11.6 Å². The molecule has 88 valence electrons. The highest BCUT2D eigenvalue weighted by Gasteiger charge is 2.08. The Morgan fingerprint density at radius 2 is 2.12 bits per heavy atom. The summed E-state index contributed by atoms with van der Waals surface area (Å²) in [7, 11) is 0. The molecule has 0 unspecified atom stereocenters. The zero-order valence-corrected chi connectivity index (χ0v) is 9.71. The molecule has 0 saturated heterocycles. The Balaban J connectivity index is 2.18. The Kier molecular flexibility index (Phi) is 3.55. The molecule has 7 nitrogen and oxygen atoms in total. The van der Waals surface area contributed by atoms with Crippen molar-refractivity contribution < 1.29 is 0 Å². The van der Waals surface area contributed by atoms with Gasteiger partial charge in [-0.05, 0) is 22.6 Å². The van der Waals surface area contributed by atoms with Crippen LogP contribution in [0, 0.1) is 0 Å². The van der Waals surface area contributed by atoms with Gasteiger partial charge in [0.1, 0.15) is 0 Å². The first-order chi connectivity index (χ1) is 8.31. The van der Waals surface area contributed by atoms with Crippen LogP contribution in [0.15, 0.2) is 35.4 Å². The molecule has 0 aliphatic heterocycles. The maximum absolute atomic E-state index is 5.49. The SMILES string of the molecule is NN=C(N)SCc1nnnn1-c1ccccc1. The third-order valence-electron chi connectivity index (χ3n) is 2.01. The molecule has 0 spiro atoms. The van der Waals surface area contributed by atoms with Crippen LogP contribution in [0.25, 0.3) is 5.69 Å². The number of nitrogens with two attached hydrogens (primary N) is 2. The molecule has 0 atom stereocenters. The van der Waals surface area contributed by atoms with E-state index in [1.807, 2.05) is 30.3 Å². The smallest absolute Gasteiger partial charge is 0.177 e. The first-order valence-corrected chi connectivity index (χ1v) is 5.78. The summed E-state index contributed by atoms with van der Waals surface area (Å²) in [6, 6.07) is 9.62. The minimum Gasteiger partial charge on any atom is -0.377 e. The molecule has 0 saturated carbocycles. The van der Waals surface area contributed by atoms with Crippen molar-refractivity contribution in [2.75, 3.05) is 0 Å². The first kappa shape index (κ1) is 11.4. The summed E-state index contributed by atoms with van der Waals surface area (Å²) in [5.41, 5.74) is 6.39. The number of thioether (sulfide) groups is 1. The number of amidine groups is 1. The number of hydrazone groups is 1. The van der Waals surface area contributed by atoms with Gasteiger partial charge in [-0.1, -0.05) is 30.0 Å². The second-order valence-electron chi connectivity index (χ2n) is 3.10. The number of hydrogen-bond donors (Lipinski definition) is 2. The van der Waals surface area contributed by atoms with Gasteiger partial charge in [-0.15, -0.1) is 5.10 Å². The van der Waals surface area contributed by atoms with E-state index in [9.17, 15) is 0 Å². The largest absolute Gasteiger partial charge is 0.377 e. The van der Waals surface area contributed by atoms with E-state index in [2.05, 4.69) is 20.6 Å². The van der Waals surface area contributed by atoms with Crippen LogP contribution in [0.4, 0.5) is 0 Å². The Bertz CT molecular complexity index is 507. The van der Waals surface area contributed by atoms with Crippen LogP contribution in [0.2, 0.25) is 0 Å². The van der Waals surface area contributed by atoms with E-state index in [1.54, 1.807) is 4.68 Å². The summed E-state index contributed by atoms with van der Waals surface area (Å²) in [5, 5.41) is 15.2. The summed E-state index contributed by atoms with van der Waals surface area (Å²) in [6.07, 6.45) is 0. The van der Waals surface area contributed by atoms with Gasteiger partial charge in [0.2, 0.25) is 0 Å². The number of rotatable bonds is 3. The zero-order chi connectivity index (χ0) is 12.1. The molecule has 0 bridgehead atoms. The fraction of sp³-hybridized carbons (Fsp3) is 0.111. The van der Waals surface area contributed by atoms with Gasteiger partial charge in [0, 0.05) is 0 Å². The minimum absolute atomic E-state index is 0.299. The lowest BCUT2D eigenvalue weighted by atomic mass is 10.3. The first-order valence-electron chi connectivity index (χ1n) is 4.80. The van der Waals surface area contributed by atoms with E-state index >= 15 is 0 Å². The Labute approximate surface area is 102 Å². The summed E-state index contributed by atoms with van der Waals surface area (Å²) >= 11 is 1.28. The number of hydrogen-bond acceptors (Lipinski definition) is 6. The minimum atomic E-state index is 0.299. The van der Waals surface area contributed by atoms with Crippen molar-refractivity contribution in [2.24, 2.45) is 16.7 Å². The van der Waals surface area contributed by atoms with E-state index in [-0.39, 0.29) is 0 Å². The monoisotopic (exact) mass is 249 g/mol. The highest BCUT2D eigenvalue weighted by molar-refractivity contribution is 8.13. The molecular weight excluding hydrogens is 238 g/mol. The maximum atomic E-state index is 5.49. The lowest BCUT2D eigenvalue weighted by molar-refractivity contribution is 0.778. The normalized spacial score (nSPS) is 11.6. The lowest BCUT2D eigenvalue weighted by Gasteiger charge is -2.03. The van der Waals surface area contributed by atoms with Crippen LogP contribution in [0.1, 0.15) is 5.82 Å². The van der Waals surface area contributed by atoms with Gasteiger partial charge < -0.3 is 11.6 Å². The van der Waals surface area contributed by atoms with Crippen LogP contribution < -0.4 is 11.6 Å². The van der Waals surface area contributed by atoms with Crippen molar-refractivity contribution in [3.8, 4) is 5.69 Å². The second kappa shape index (κ2) is 5.30. The molecular formula is C9H11N7S. The van der Waals surface area contributed by atoms with Crippen molar-refractivity contribution in [3.63, 3.8) is 0 Å². The summed E-state index contributed by atoms with van der Waals surface area (Å²) < 4.78 is 1.65. The third kappa shape index (κ3) is 2.72. The number of aromatic nitrogens is 4. The quantitative estimate of drug-likeness (QED) is 0.345. The molecule has 1 aromatic carbocycles. The molecule has 0 aliphatic rings. The van der Waals surface area contributed by atoms with E-state index in [1.165, 1.54) is 11.8 Å². The summed E-state index contributed by atoms with van der Waals surface area (Å²) in [6.45, 7) is 0. The van der Waals surface area contributed by atoms with Gasteiger partial charge in [0.15, 0.2) is 11.0 Å². The van der Waals surface area contributed by atoms with E-state index in [0.29, 0.717) is 16.7 Å². The van der Waals surface area contributed by atoms with Crippen molar-refractivity contribution in [1.82, 2.24) is 20.2 Å². The maximum Gasteiger partial charge on any atom is 0.177 e. The molecule has 1 heterocycles.